The summed E-state index contributed by atoms with van der Waals surface area (Å²) >= 11 is 12.4. The average molecular weight is 411 g/mol. The molecule has 0 aliphatic carbocycles. The third kappa shape index (κ3) is 3.64. The first kappa shape index (κ1) is 18.6. The van der Waals surface area contributed by atoms with Crippen molar-refractivity contribution in [2.24, 2.45) is 0 Å². The zero-order valence-electron chi connectivity index (χ0n) is 15.0. The summed E-state index contributed by atoms with van der Waals surface area (Å²) in [5.41, 5.74) is 3.31. The molecule has 0 spiro atoms. The molecule has 0 aromatic heterocycles. The van der Waals surface area contributed by atoms with Crippen LogP contribution in [0.1, 0.15) is 27.0 Å². The summed E-state index contributed by atoms with van der Waals surface area (Å²) in [4.78, 5) is 12.6. The van der Waals surface area contributed by atoms with Crippen LogP contribution in [0.15, 0.2) is 66.4 Å². The molecule has 0 atom stereocenters. The molecule has 0 unspecified atom stereocenters. The number of benzene rings is 3. The Kier molecular flexibility index (Phi) is 5.12. The number of Topliss-reactive ketones (excluding diaryl/α,β-unsaturated/α-hetero) is 1. The molecule has 0 saturated heterocycles. The molecule has 0 N–H and O–H groups in total. The van der Waals surface area contributed by atoms with E-state index in [0.717, 1.165) is 11.1 Å². The van der Waals surface area contributed by atoms with Crippen LogP contribution in [0, 0.1) is 6.92 Å². The number of hydrogen-bond acceptors (Lipinski definition) is 3. The molecular weight excluding hydrogens is 395 g/mol. The number of aryl methyl sites for hydroxylation is 1. The molecule has 1 aliphatic rings. The lowest BCUT2D eigenvalue weighted by Crippen LogP contribution is -1.98. The monoisotopic (exact) mass is 410 g/mol. The van der Waals surface area contributed by atoms with Crippen LogP contribution in [-0.4, -0.2) is 5.78 Å². The van der Waals surface area contributed by atoms with Gasteiger partial charge in [-0.3, -0.25) is 4.79 Å². The molecule has 0 bridgehead atoms. The number of carbonyl (C=O) groups is 1. The van der Waals surface area contributed by atoms with Gasteiger partial charge in [0.2, 0.25) is 5.78 Å². The van der Waals surface area contributed by atoms with Gasteiger partial charge in [0.15, 0.2) is 5.76 Å². The van der Waals surface area contributed by atoms with Crippen molar-refractivity contribution < 1.29 is 14.3 Å². The third-order valence-corrected chi connectivity index (χ3v) is 5.23. The van der Waals surface area contributed by atoms with Crippen LogP contribution in [0.3, 0.4) is 0 Å². The number of hydrogen-bond donors (Lipinski definition) is 0. The molecule has 1 aliphatic heterocycles. The number of fused-ring (bicyclic) bond motifs is 1. The number of allylic oxidation sites excluding steroid dienone is 1. The Bertz CT molecular complexity index is 1080. The van der Waals surface area contributed by atoms with Crippen molar-refractivity contribution in [3.8, 4) is 11.5 Å². The molecular formula is C23H16Cl2O3. The minimum Gasteiger partial charge on any atom is -0.489 e. The lowest BCUT2D eigenvalue weighted by Gasteiger charge is -2.09. The Morgan fingerprint density at radius 2 is 1.75 bits per heavy atom. The molecule has 3 nitrogen and oxygen atoms in total. The van der Waals surface area contributed by atoms with E-state index in [4.69, 9.17) is 32.7 Å². The highest BCUT2D eigenvalue weighted by atomic mass is 35.5. The second-order valence-electron chi connectivity index (χ2n) is 6.45. The lowest BCUT2D eigenvalue weighted by atomic mass is 10.1. The van der Waals surface area contributed by atoms with Gasteiger partial charge < -0.3 is 9.47 Å². The van der Waals surface area contributed by atoms with E-state index in [1.54, 1.807) is 42.5 Å². The van der Waals surface area contributed by atoms with E-state index in [1.165, 1.54) is 0 Å². The van der Waals surface area contributed by atoms with Crippen LogP contribution in [0.25, 0.3) is 6.08 Å². The highest BCUT2D eigenvalue weighted by Crippen LogP contribution is 2.36. The largest absolute Gasteiger partial charge is 0.489 e. The van der Waals surface area contributed by atoms with Crippen molar-refractivity contribution in [2.75, 3.05) is 0 Å². The molecule has 3 aromatic rings. The predicted molar refractivity (Wildman–Crippen MR) is 111 cm³/mol. The molecule has 0 amide bonds. The first-order valence-corrected chi connectivity index (χ1v) is 9.48. The number of carbonyl (C=O) groups excluding carboxylic acids is 1. The van der Waals surface area contributed by atoms with Gasteiger partial charge in [-0.1, -0.05) is 53.5 Å². The molecule has 0 fully saturated rings. The van der Waals surface area contributed by atoms with Crippen molar-refractivity contribution in [3.63, 3.8) is 0 Å². The fourth-order valence-electron chi connectivity index (χ4n) is 2.97. The molecule has 0 radical (unpaired) electrons. The first-order chi connectivity index (χ1) is 13.5. The Morgan fingerprint density at radius 1 is 1.00 bits per heavy atom. The van der Waals surface area contributed by atoms with Crippen molar-refractivity contribution >= 4 is 35.1 Å². The van der Waals surface area contributed by atoms with Gasteiger partial charge in [0.05, 0.1) is 5.56 Å². The quantitative estimate of drug-likeness (QED) is 0.460. The summed E-state index contributed by atoms with van der Waals surface area (Å²) in [7, 11) is 0. The van der Waals surface area contributed by atoms with E-state index in [-0.39, 0.29) is 11.5 Å². The standard InChI is InChI=1S/C23H16Cl2O3/c1-14-5-2-3-6-15(14)13-27-16-9-10-17-21(11-16)28-22(23(17)26)12-18-19(24)7-4-8-20(18)25/h2-12H,13H2,1H3/b22-12-. The molecule has 1 heterocycles. The Hall–Kier alpha value is -2.75. The average Bonchev–Trinajstić information content (AvgIpc) is 2.99. The second-order valence-corrected chi connectivity index (χ2v) is 7.26. The topological polar surface area (TPSA) is 35.5 Å². The van der Waals surface area contributed by atoms with Crippen molar-refractivity contribution in [2.45, 2.75) is 13.5 Å². The summed E-state index contributed by atoms with van der Waals surface area (Å²) < 4.78 is 11.6. The smallest absolute Gasteiger partial charge is 0.231 e. The lowest BCUT2D eigenvalue weighted by molar-refractivity contribution is 0.101. The van der Waals surface area contributed by atoms with Crippen molar-refractivity contribution in [3.05, 3.63) is 98.7 Å². The number of ketones is 1. The van der Waals surface area contributed by atoms with Gasteiger partial charge in [-0.15, -0.1) is 0 Å². The summed E-state index contributed by atoms with van der Waals surface area (Å²) in [6, 6.07) is 18.4. The van der Waals surface area contributed by atoms with E-state index < -0.39 is 0 Å². The minimum atomic E-state index is -0.212. The van der Waals surface area contributed by atoms with E-state index in [0.29, 0.717) is 39.3 Å². The summed E-state index contributed by atoms with van der Waals surface area (Å²) in [6.45, 7) is 2.48. The van der Waals surface area contributed by atoms with Crippen LogP contribution in [0.5, 0.6) is 11.5 Å². The first-order valence-electron chi connectivity index (χ1n) is 8.72. The minimum absolute atomic E-state index is 0.182. The van der Waals surface area contributed by atoms with Crippen LogP contribution < -0.4 is 9.47 Å². The van der Waals surface area contributed by atoms with Crippen molar-refractivity contribution in [1.29, 1.82) is 0 Å². The fourth-order valence-corrected chi connectivity index (χ4v) is 3.48. The second kappa shape index (κ2) is 7.70. The molecule has 4 rings (SSSR count). The molecule has 5 heteroatoms. The predicted octanol–water partition coefficient (Wildman–Crippen LogP) is 6.50. The van der Waals surface area contributed by atoms with Gasteiger partial charge >= 0.3 is 0 Å². The maximum atomic E-state index is 12.6. The zero-order chi connectivity index (χ0) is 19.7. The summed E-state index contributed by atoms with van der Waals surface area (Å²) in [5, 5.41) is 0.907. The molecule has 140 valence electrons. The molecule has 28 heavy (non-hydrogen) atoms. The van der Waals surface area contributed by atoms with Gasteiger partial charge in [-0.2, -0.15) is 0 Å². The highest BCUT2D eigenvalue weighted by Gasteiger charge is 2.28. The normalized spacial score (nSPS) is 14.1. The SMILES string of the molecule is Cc1ccccc1COc1ccc2c(c1)O/C(=C\c1c(Cl)cccc1Cl)C2=O. The van der Waals surface area contributed by atoms with Gasteiger partial charge in [0, 0.05) is 21.7 Å². The zero-order valence-corrected chi connectivity index (χ0v) is 16.6. The van der Waals surface area contributed by atoms with E-state index in [1.807, 2.05) is 31.2 Å². The van der Waals surface area contributed by atoms with Crippen LogP contribution in [0.4, 0.5) is 0 Å². The number of rotatable bonds is 4. The van der Waals surface area contributed by atoms with Crippen molar-refractivity contribution in [1.82, 2.24) is 0 Å². The maximum absolute atomic E-state index is 12.6. The fraction of sp³-hybridized carbons (Fsp3) is 0.0870. The number of halogens is 2. The van der Waals surface area contributed by atoms with Crippen LogP contribution in [-0.2, 0) is 6.61 Å². The third-order valence-electron chi connectivity index (χ3n) is 4.57. The maximum Gasteiger partial charge on any atom is 0.231 e. The number of ether oxygens (including phenoxy) is 2. The summed E-state index contributed by atoms with van der Waals surface area (Å²) in [5.74, 6) is 1.06. The molecule has 0 saturated carbocycles. The summed E-state index contributed by atoms with van der Waals surface area (Å²) in [6.07, 6.45) is 1.57. The van der Waals surface area contributed by atoms with E-state index in [2.05, 4.69) is 0 Å². The Morgan fingerprint density at radius 3 is 2.50 bits per heavy atom. The van der Waals surface area contributed by atoms with Crippen LogP contribution in [0.2, 0.25) is 10.0 Å². The van der Waals surface area contributed by atoms with E-state index in [9.17, 15) is 4.79 Å². The molecule has 3 aromatic carbocycles. The van der Waals surface area contributed by atoms with Crippen LogP contribution >= 0.6 is 23.2 Å². The Balaban J connectivity index is 1.56. The Labute approximate surface area is 173 Å². The van der Waals surface area contributed by atoms with Gasteiger partial charge in [-0.25, -0.2) is 0 Å². The van der Waals surface area contributed by atoms with Gasteiger partial charge in [-0.05, 0) is 48.4 Å². The highest BCUT2D eigenvalue weighted by molar-refractivity contribution is 6.37. The van der Waals surface area contributed by atoms with Gasteiger partial charge in [0.1, 0.15) is 18.1 Å². The van der Waals surface area contributed by atoms with E-state index >= 15 is 0 Å². The van der Waals surface area contributed by atoms with Gasteiger partial charge in [0.25, 0.3) is 0 Å².